The molecule has 6 nitrogen and oxygen atoms in total. The van der Waals surface area contributed by atoms with Crippen molar-refractivity contribution in [2.45, 2.75) is 0 Å². The average Bonchev–Trinajstić information content (AvgIpc) is 3.12. The van der Waals surface area contributed by atoms with Crippen LogP contribution in [0.2, 0.25) is 0 Å². The number of rotatable bonds is 4. The number of thiazole rings is 1. The van der Waals surface area contributed by atoms with Crippen LogP contribution < -0.4 is 15.8 Å². The minimum absolute atomic E-state index is 0.306. The molecule has 0 aliphatic heterocycles. The first kappa shape index (κ1) is 14.4. The van der Waals surface area contributed by atoms with E-state index in [0.717, 1.165) is 10.8 Å². The molecule has 24 heavy (non-hydrogen) atoms. The van der Waals surface area contributed by atoms with Crippen LogP contribution in [0.25, 0.3) is 10.8 Å². The number of anilines is 3. The van der Waals surface area contributed by atoms with Gasteiger partial charge in [-0.2, -0.15) is 4.98 Å². The molecule has 0 atom stereocenters. The molecule has 0 unspecified atom stereocenters. The maximum Gasteiger partial charge on any atom is 0.248 e. The Morgan fingerprint density at radius 3 is 2.75 bits per heavy atom. The first-order valence-electron chi connectivity index (χ1n) is 7.24. The van der Waals surface area contributed by atoms with Gasteiger partial charge in [-0.25, -0.2) is 9.97 Å². The van der Waals surface area contributed by atoms with Gasteiger partial charge in [0.1, 0.15) is 17.8 Å². The lowest BCUT2D eigenvalue weighted by atomic mass is 10.1. The van der Waals surface area contributed by atoms with Gasteiger partial charge in [0.25, 0.3) is 0 Å². The summed E-state index contributed by atoms with van der Waals surface area (Å²) >= 11 is 1.46. The van der Waals surface area contributed by atoms with Crippen molar-refractivity contribution in [3.05, 3.63) is 60.4 Å². The number of benzene rings is 2. The summed E-state index contributed by atoms with van der Waals surface area (Å²) in [6.45, 7) is 0. The zero-order valence-corrected chi connectivity index (χ0v) is 13.3. The first-order valence-corrected chi connectivity index (χ1v) is 8.12. The Bertz CT molecular complexity index is 982. The molecular formula is C17H13N5OS. The van der Waals surface area contributed by atoms with E-state index >= 15 is 0 Å². The lowest BCUT2D eigenvalue weighted by Gasteiger charge is -2.12. The van der Waals surface area contributed by atoms with E-state index in [1.165, 1.54) is 17.7 Å². The summed E-state index contributed by atoms with van der Waals surface area (Å²) in [4.78, 5) is 12.5. The van der Waals surface area contributed by atoms with E-state index in [2.05, 4.69) is 20.3 Å². The molecule has 0 aliphatic rings. The number of ether oxygens (including phenoxy) is 1. The Morgan fingerprint density at radius 1 is 1.00 bits per heavy atom. The van der Waals surface area contributed by atoms with Crippen LogP contribution in [0.5, 0.6) is 11.6 Å². The van der Waals surface area contributed by atoms with Crippen molar-refractivity contribution in [3.63, 3.8) is 0 Å². The standard InChI is InChI=1S/C17H13N5OS/c18-14-15(22-17-19-8-9-24-17)20-10-21-16(14)23-13-7-3-5-11-4-1-2-6-12(11)13/h1-10H,18H2,(H,19,20,21,22). The molecule has 0 spiro atoms. The van der Waals surface area contributed by atoms with E-state index in [0.29, 0.717) is 28.3 Å². The third-order valence-corrected chi connectivity index (χ3v) is 4.15. The van der Waals surface area contributed by atoms with Crippen LogP contribution in [0.15, 0.2) is 60.4 Å². The van der Waals surface area contributed by atoms with Crippen LogP contribution in [0, 0.1) is 0 Å². The quantitative estimate of drug-likeness (QED) is 0.581. The maximum absolute atomic E-state index is 6.16. The molecule has 0 saturated carbocycles. The van der Waals surface area contributed by atoms with Crippen LogP contribution in [0.4, 0.5) is 16.6 Å². The van der Waals surface area contributed by atoms with E-state index < -0.39 is 0 Å². The predicted molar refractivity (Wildman–Crippen MR) is 95.9 cm³/mol. The fraction of sp³-hybridized carbons (Fsp3) is 0. The highest BCUT2D eigenvalue weighted by Gasteiger charge is 2.12. The molecular weight excluding hydrogens is 322 g/mol. The molecule has 0 bridgehead atoms. The van der Waals surface area contributed by atoms with Crippen molar-refractivity contribution >= 4 is 38.7 Å². The molecule has 3 N–H and O–H groups in total. The number of hydrogen-bond donors (Lipinski definition) is 2. The van der Waals surface area contributed by atoms with E-state index in [-0.39, 0.29) is 0 Å². The highest BCUT2D eigenvalue weighted by Crippen LogP contribution is 2.34. The van der Waals surface area contributed by atoms with Gasteiger partial charge in [0.15, 0.2) is 10.9 Å². The van der Waals surface area contributed by atoms with Crippen molar-refractivity contribution in [1.29, 1.82) is 0 Å². The van der Waals surface area contributed by atoms with Crippen molar-refractivity contribution < 1.29 is 4.74 Å². The van der Waals surface area contributed by atoms with Crippen molar-refractivity contribution in [2.75, 3.05) is 11.1 Å². The fourth-order valence-electron chi connectivity index (χ4n) is 2.34. The molecule has 118 valence electrons. The third kappa shape index (κ3) is 2.72. The first-order chi connectivity index (χ1) is 11.8. The van der Waals surface area contributed by atoms with E-state index in [4.69, 9.17) is 10.5 Å². The number of hydrogen-bond acceptors (Lipinski definition) is 7. The Labute approximate surface area is 142 Å². The lowest BCUT2D eigenvalue weighted by molar-refractivity contribution is 0.470. The van der Waals surface area contributed by atoms with Gasteiger partial charge in [0.05, 0.1) is 0 Å². The highest BCUT2D eigenvalue weighted by atomic mass is 32.1. The maximum atomic E-state index is 6.16. The number of nitrogens with zero attached hydrogens (tertiary/aromatic N) is 3. The zero-order chi connectivity index (χ0) is 16.4. The number of aromatic nitrogens is 3. The van der Waals surface area contributed by atoms with Crippen LogP contribution in [0.3, 0.4) is 0 Å². The molecule has 4 rings (SSSR count). The molecule has 2 aromatic carbocycles. The monoisotopic (exact) mass is 335 g/mol. The summed E-state index contributed by atoms with van der Waals surface area (Å²) in [5.41, 5.74) is 6.49. The topological polar surface area (TPSA) is 86.0 Å². The second-order valence-electron chi connectivity index (χ2n) is 4.98. The van der Waals surface area contributed by atoms with Crippen molar-refractivity contribution in [2.24, 2.45) is 0 Å². The molecule has 0 fully saturated rings. The van der Waals surface area contributed by atoms with Crippen LogP contribution >= 0.6 is 11.3 Å². The number of fused-ring (bicyclic) bond motifs is 1. The molecule has 4 aromatic rings. The summed E-state index contributed by atoms with van der Waals surface area (Å²) in [7, 11) is 0. The molecule has 0 aliphatic carbocycles. The van der Waals surface area contributed by atoms with Crippen LogP contribution in [0.1, 0.15) is 0 Å². The average molecular weight is 335 g/mol. The Morgan fingerprint density at radius 2 is 1.88 bits per heavy atom. The Balaban J connectivity index is 1.69. The van der Waals surface area contributed by atoms with Crippen molar-refractivity contribution in [1.82, 2.24) is 15.0 Å². The molecule has 0 radical (unpaired) electrons. The van der Waals surface area contributed by atoms with Gasteiger partial charge in [-0.15, -0.1) is 11.3 Å². The van der Waals surface area contributed by atoms with Gasteiger partial charge in [-0.1, -0.05) is 36.4 Å². The second kappa shape index (κ2) is 6.13. The summed E-state index contributed by atoms with van der Waals surface area (Å²) < 4.78 is 5.95. The Kier molecular flexibility index (Phi) is 3.68. The predicted octanol–water partition coefficient (Wildman–Crippen LogP) is 4.20. The summed E-state index contributed by atoms with van der Waals surface area (Å²) in [5.74, 6) is 1.47. The van der Waals surface area contributed by atoms with Gasteiger partial charge in [-0.05, 0) is 11.5 Å². The zero-order valence-electron chi connectivity index (χ0n) is 12.5. The van der Waals surface area contributed by atoms with Gasteiger partial charge < -0.3 is 15.8 Å². The smallest absolute Gasteiger partial charge is 0.248 e. The SMILES string of the molecule is Nc1c(Nc2nccs2)ncnc1Oc1cccc2ccccc12. The summed E-state index contributed by atoms with van der Waals surface area (Å²) in [5, 5.41) is 7.72. The number of nitrogens with two attached hydrogens (primary N) is 1. The Hall–Kier alpha value is -3.19. The third-order valence-electron chi connectivity index (χ3n) is 3.46. The minimum atomic E-state index is 0.306. The normalized spacial score (nSPS) is 10.7. The van der Waals surface area contributed by atoms with E-state index in [1.807, 2.05) is 47.8 Å². The van der Waals surface area contributed by atoms with Gasteiger partial charge in [-0.3, -0.25) is 0 Å². The largest absolute Gasteiger partial charge is 0.436 e. The minimum Gasteiger partial charge on any atom is -0.436 e. The molecule has 2 heterocycles. The van der Waals surface area contributed by atoms with Gasteiger partial charge in [0.2, 0.25) is 5.88 Å². The molecule has 0 amide bonds. The second-order valence-corrected chi connectivity index (χ2v) is 5.88. The van der Waals surface area contributed by atoms with E-state index in [1.54, 1.807) is 6.20 Å². The lowest BCUT2D eigenvalue weighted by Crippen LogP contribution is -2.03. The molecule has 7 heteroatoms. The highest BCUT2D eigenvalue weighted by molar-refractivity contribution is 7.13. The number of nitrogens with one attached hydrogen (secondary N) is 1. The summed E-state index contributed by atoms with van der Waals surface area (Å²) in [6, 6.07) is 13.8. The van der Waals surface area contributed by atoms with Crippen LogP contribution in [-0.4, -0.2) is 15.0 Å². The van der Waals surface area contributed by atoms with Crippen LogP contribution in [-0.2, 0) is 0 Å². The molecule has 2 aromatic heterocycles. The number of nitrogen functional groups attached to an aromatic ring is 1. The molecule has 0 saturated heterocycles. The fourth-order valence-corrected chi connectivity index (χ4v) is 2.86. The van der Waals surface area contributed by atoms with Crippen molar-refractivity contribution in [3.8, 4) is 11.6 Å². The summed E-state index contributed by atoms with van der Waals surface area (Å²) in [6.07, 6.45) is 3.12. The van der Waals surface area contributed by atoms with Gasteiger partial charge >= 0.3 is 0 Å². The van der Waals surface area contributed by atoms with E-state index in [9.17, 15) is 0 Å². The van der Waals surface area contributed by atoms with Gasteiger partial charge in [0, 0.05) is 17.0 Å².